The maximum Gasteiger partial charge on any atom is 0.258 e. The molecule has 0 saturated carbocycles. The van der Waals surface area contributed by atoms with Crippen LogP contribution in [0.4, 0.5) is 0 Å². The normalized spacial score (nSPS) is 12.0. The third-order valence-electron chi connectivity index (χ3n) is 4.52. The topological polar surface area (TPSA) is 122 Å². The van der Waals surface area contributed by atoms with Gasteiger partial charge in [0.15, 0.2) is 6.61 Å². The fourth-order valence-corrected chi connectivity index (χ4v) is 4.55. The van der Waals surface area contributed by atoms with Gasteiger partial charge in [-0.3, -0.25) is 4.79 Å². The second-order valence-corrected chi connectivity index (χ2v) is 11.1. The molecule has 0 heterocycles. The SMILES string of the molecule is CCCCNS(=O)(=O)c1ccc(OCC(=O)NCc2ccc(S(=O)(=O)N(C)C)cc2)cc1. The maximum absolute atomic E-state index is 12.2. The zero-order valence-electron chi connectivity index (χ0n) is 18.4. The minimum absolute atomic E-state index is 0.130. The van der Waals surface area contributed by atoms with Crippen LogP contribution in [0.5, 0.6) is 5.75 Å². The summed E-state index contributed by atoms with van der Waals surface area (Å²) in [6, 6.07) is 12.1. The van der Waals surface area contributed by atoms with Crippen LogP contribution < -0.4 is 14.8 Å². The van der Waals surface area contributed by atoms with Gasteiger partial charge in [0.2, 0.25) is 20.0 Å². The van der Waals surface area contributed by atoms with Crippen molar-refractivity contribution in [2.75, 3.05) is 27.2 Å². The lowest BCUT2D eigenvalue weighted by molar-refractivity contribution is -0.123. The summed E-state index contributed by atoms with van der Waals surface area (Å²) in [6.07, 6.45) is 1.65. The van der Waals surface area contributed by atoms with Gasteiger partial charge in [-0.15, -0.1) is 0 Å². The minimum atomic E-state index is -3.56. The Morgan fingerprint density at radius 3 is 2.09 bits per heavy atom. The van der Waals surface area contributed by atoms with Crippen LogP contribution in [0, 0.1) is 0 Å². The summed E-state index contributed by atoms with van der Waals surface area (Å²) in [7, 11) is -4.14. The van der Waals surface area contributed by atoms with Gasteiger partial charge in [0, 0.05) is 27.2 Å². The number of unbranched alkanes of at least 4 members (excludes halogenated alkanes) is 1. The van der Waals surface area contributed by atoms with Crippen LogP contribution in [0.15, 0.2) is 58.3 Å². The molecule has 9 nitrogen and oxygen atoms in total. The largest absolute Gasteiger partial charge is 0.484 e. The van der Waals surface area contributed by atoms with Crippen molar-refractivity contribution in [1.29, 1.82) is 0 Å². The van der Waals surface area contributed by atoms with Crippen molar-refractivity contribution in [1.82, 2.24) is 14.3 Å². The Balaban J connectivity index is 1.83. The highest BCUT2D eigenvalue weighted by atomic mass is 32.2. The van der Waals surface area contributed by atoms with Gasteiger partial charge in [0.25, 0.3) is 5.91 Å². The van der Waals surface area contributed by atoms with E-state index in [4.69, 9.17) is 4.74 Å². The van der Waals surface area contributed by atoms with E-state index in [1.165, 1.54) is 50.5 Å². The Labute approximate surface area is 189 Å². The fraction of sp³-hybridized carbons (Fsp3) is 0.381. The smallest absolute Gasteiger partial charge is 0.258 e. The molecule has 2 rings (SSSR count). The number of carbonyl (C=O) groups excluding carboxylic acids is 1. The first kappa shape index (κ1) is 25.8. The number of hydrogen-bond acceptors (Lipinski definition) is 6. The van der Waals surface area contributed by atoms with E-state index in [1.54, 1.807) is 12.1 Å². The van der Waals surface area contributed by atoms with Crippen LogP contribution >= 0.6 is 0 Å². The lowest BCUT2D eigenvalue weighted by Gasteiger charge is -2.12. The second-order valence-electron chi connectivity index (χ2n) is 7.22. The van der Waals surface area contributed by atoms with Crippen LogP contribution in [0.2, 0.25) is 0 Å². The number of sulfonamides is 2. The van der Waals surface area contributed by atoms with E-state index < -0.39 is 20.0 Å². The average molecular weight is 484 g/mol. The van der Waals surface area contributed by atoms with E-state index in [-0.39, 0.29) is 28.8 Å². The van der Waals surface area contributed by atoms with E-state index in [0.717, 1.165) is 22.7 Å². The Kier molecular flexibility index (Phi) is 9.20. The third kappa shape index (κ3) is 7.30. The summed E-state index contributed by atoms with van der Waals surface area (Å²) in [5.41, 5.74) is 0.737. The standard InChI is InChI=1S/C21H29N3O6S2/c1-4-5-14-23-31(26,27)19-12-8-18(9-13-19)30-16-21(25)22-15-17-6-10-20(11-7-17)32(28,29)24(2)3/h6-13,23H,4-5,14-16H2,1-3H3,(H,22,25). The van der Waals surface area contributed by atoms with Crippen molar-refractivity contribution in [3.05, 3.63) is 54.1 Å². The molecule has 0 atom stereocenters. The highest BCUT2D eigenvalue weighted by Crippen LogP contribution is 2.16. The lowest BCUT2D eigenvalue weighted by atomic mass is 10.2. The Morgan fingerprint density at radius 1 is 0.938 bits per heavy atom. The summed E-state index contributed by atoms with van der Waals surface area (Å²) in [5, 5.41) is 2.68. The van der Waals surface area contributed by atoms with E-state index >= 15 is 0 Å². The van der Waals surface area contributed by atoms with Crippen LogP contribution in [0.1, 0.15) is 25.3 Å². The van der Waals surface area contributed by atoms with Gasteiger partial charge in [-0.2, -0.15) is 0 Å². The minimum Gasteiger partial charge on any atom is -0.484 e. The third-order valence-corrected chi connectivity index (χ3v) is 7.82. The number of nitrogens with one attached hydrogen (secondary N) is 2. The van der Waals surface area contributed by atoms with Crippen molar-refractivity contribution in [3.8, 4) is 5.75 Å². The number of benzene rings is 2. The monoisotopic (exact) mass is 483 g/mol. The van der Waals surface area contributed by atoms with Crippen molar-refractivity contribution in [3.63, 3.8) is 0 Å². The molecule has 0 aliphatic carbocycles. The molecule has 2 N–H and O–H groups in total. The molecule has 32 heavy (non-hydrogen) atoms. The van der Waals surface area contributed by atoms with Crippen molar-refractivity contribution in [2.45, 2.75) is 36.1 Å². The number of ether oxygens (including phenoxy) is 1. The number of amides is 1. The molecule has 0 fully saturated rings. The lowest BCUT2D eigenvalue weighted by Crippen LogP contribution is -2.28. The molecular formula is C21H29N3O6S2. The van der Waals surface area contributed by atoms with E-state index in [1.807, 2.05) is 6.92 Å². The number of hydrogen-bond donors (Lipinski definition) is 2. The molecule has 0 radical (unpaired) electrons. The molecule has 2 aromatic carbocycles. The molecule has 1 amide bonds. The average Bonchev–Trinajstić information content (AvgIpc) is 2.77. The number of carbonyl (C=O) groups is 1. The Morgan fingerprint density at radius 2 is 1.53 bits per heavy atom. The molecule has 2 aromatic rings. The van der Waals surface area contributed by atoms with E-state index in [0.29, 0.717) is 12.3 Å². The predicted molar refractivity (Wildman–Crippen MR) is 121 cm³/mol. The molecule has 176 valence electrons. The van der Waals surface area contributed by atoms with Crippen LogP contribution in [-0.4, -0.2) is 54.3 Å². The molecule has 0 aliphatic heterocycles. The van der Waals surface area contributed by atoms with Gasteiger partial charge in [-0.1, -0.05) is 25.5 Å². The first-order chi connectivity index (χ1) is 15.1. The van der Waals surface area contributed by atoms with Crippen molar-refractivity contribution < 1.29 is 26.4 Å². The first-order valence-electron chi connectivity index (χ1n) is 10.1. The van der Waals surface area contributed by atoms with E-state index in [9.17, 15) is 21.6 Å². The summed E-state index contributed by atoms with van der Waals surface area (Å²) in [4.78, 5) is 12.3. The predicted octanol–water partition coefficient (Wildman–Crippen LogP) is 1.71. The summed E-state index contributed by atoms with van der Waals surface area (Å²) in [5.74, 6) is -0.00109. The van der Waals surface area contributed by atoms with Crippen LogP contribution in [0.3, 0.4) is 0 Å². The summed E-state index contributed by atoms with van der Waals surface area (Å²) < 4.78 is 57.5. The van der Waals surface area contributed by atoms with Gasteiger partial charge in [-0.25, -0.2) is 25.9 Å². The van der Waals surface area contributed by atoms with Crippen LogP contribution in [0.25, 0.3) is 0 Å². The molecule has 0 spiro atoms. The van der Waals surface area contributed by atoms with Gasteiger partial charge in [-0.05, 0) is 48.4 Å². The second kappa shape index (κ2) is 11.4. The summed E-state index contributed by atoms with van der Waals surface area (Å²) >= 11 is 0. The number of nitrogens with zero attached hydrogens (tertiary/aromatic N) is 1. The quantitative estimate of drug-likeness (QED) is 0.443. The Hall–Kier alpha value is -2.47. The summed E-state index contributed by atoms with van der Waals surface area (Å²) in [6.45, 7) is 2.33. The van der Waals surface area contributed by atoms with Gasteiger partial charge in [0.05, 0.1) is 9.79 Å². The molecule has 11 heteroatoms. The van der Waals surface area contributed by atoms with Crippen LogP contribution in [-0.2, 0) is 31.4 Å². The van der Waals surface area contributed by atoms with E-state index in [2.05, 4.69) is 10.0 Å². The Bertz CT molecular complexity index is 1100. The molecule has 0 bridgehead atoms. The molecule has 0 saturated heterocycles. The van der Waals surface area contributed by atoms with Crippen molar-refractivity contribution >= 4 is 26.0 Å². The zero-order valence-corrected chi connectivity index (χ0v) is 20.0. The number of rotatable bonds is 12. The van der Waals surface area contributed by atoms with Gasteiger partial charge < -0.3 is 10.1 Å². The molecular weight excluding hydrogens is 454 g/mol. The first-order valence-corrected chi connectivity index (χ1v) is 13.0. The molecule has 0 aromatic heterocycles. The highest BCUT2D eigenvalue weighted by Gasteiger charge is 2.16. The highest BCUT2D eigenvalue weighted by molar-refractivity contribution is 7.89. The fourth-order valence-electron chi connectivity index (χ4n) is 2.57. The van der Waals surface area contributed by atoms with Gasteiger partial charge in [0.1, 0.15) is 5.75 Å². The van der Waals surface area contributed by atoms with Crippen molar-refractivity contribution in [2.24, 2.45) is 0 Å². The molecule has 0 unspecified atom stereocenters. The molecule has 0 aliphatic rings. The maximum atomic E-state index is 12.2. The zero-order chi connectivity index (χ0) is 23.8. The van der Waals surface area contributed by atoms with Gasteiger partial charge >= 0.3 is 0 Å².